The highest BCUT2D eigenvalue weighted by Gasteiger charge is 2.22. The molecule has 0 saturated carbocycles. The molecule has 628 valence electrons. The number of likely N-dealkylation sites (N-methyl/N-ethyl adjacent to an activating group) is 1. The third-order valence-corrected chi connectivity index (χ3v) is 22.5. The number of ether oxygens (including phenoxy) is 4. The number of allylic oxidation sites excluding steroid dienone is 4. The predicted octanol–water partition coefficient (Wildman–Crippen LogP) is 30.2. The number of rotatable bonds is 92. The molecule has 0 aromatic rings. The van der Waals surface area contributed by atoms with E-state index in [1.807, 2.05) is 21.1 Å². The number of carbonyl (C=O) groups excluding carboxylic acids is 3. The molecular weight excluding hydrogens is 1310 g/mol. The van der Waals surface area contributed by atoms with E-state index in [4.69, 9.17) is 18.9 Å². The first-order chi connectivity index (χ1) is 52.1. The van der Waals surface area contributed by atoms with Crippen LogP contribution in [0.1, 0.15) is 521 Å². The van der Waals surface area contributed by atoms with Gasteiger partial charge in [0, 0.05) is 12.8 Å². The van der Waals surface area contributed by atoms with E-state index >= 15 is 0 Å². The minimum absolute atomic E-state index is 0.153. The summed E-state index contributed by atoms with van der Waals surface area (Å²) in [6, 6.07) is 0. The normalized spacial score (nSPS) is 12.6. The molecule has 0 fully saturated rings. The number of unbranched alkanes of at least 4 members (excludes halogenated alkanes) is 73. The Kier molecular flexibility index (Phi) is 86.5. The van der Waals surface area contributed by atoms with Crippen molar-refractivity contribution in [1.29, 1.82) is 0 Å². The molecule has 9 nitrogen and oxygen atoms in total. The smallest absolute Gasteiger partial charge is 0.306 e. The van der Waals surface area contributed by atoms with Crippen LogP contribution in [0.2, 0.25) is 0 Å². The van der Waals surface area contributed by atoms with Gasteiger partial charge in [-0.1, -0.05) is 488 Å². The maximum atomic E-state index is 13.0. The van der Waals surface area contributed by atoms with Crippen molar-refractivity contribution < 1.29 is 42.9 Å². The quantitative estimate of drug-likeness (QED) is 0.0195. The molecule has 0 bridgehead atoms. The number of hydrogen-bond donors (Lipinski definition) is 0. The van der Waals surface area contributed by atoms with E-state index in [-0.39, 0.29) is 32.2 Å². The van der Waals surface area contributed by atoms with Crippen LogP contribution in [0.5, 0.6) is 0 Å². The van der Waals surface area contributed by atoms with E-state index in [1.165, 1.54) is 449 Å². The van der Waals surface area contributed by atoms with Gasteiger partial charge in [-0.15, -0.1) is 0 Å². The largest absolute Gasteiger partial charge is 0.545 e. The number of carboxylic acid groups (broad SMARTS) is 1. The zero-order chi connectivity index (χ0) is 76.7. The molecule has 0 aliphatic rings. The molecule has 9 heteroatoms. The van der Waals surface area contributed by atoms with Gasteiger partial charge in [-0.25, -0.2) is 0 Å². The van der Waals surface area contributed by atoms with E-state index in [2.05, 4.69) is 38.2 Å². The van der Waals surface area contributed by atoms with Crippen LogP contribution in [-0.2, 0) is 33.3 Å². The van der Waals surface area contributed by atoms with Crippen molar-refractivity contribution in [2.75, 3.05) is 47.5 Å². The standard InChI is InChI=1S/C97H187NO8/c1-6-8-10-12-14-16-18-20-22-24-26-28-30-32-34-36-38-40-42-44-46-48-50-52-54-56-58-60-62-64-66-68-70-72-74-76-78-80-82-84-86-88-95(100)106-93(92-105-97(96(101)102)103-90-89-98(3,4)5)91-104-94(99)87-85-83-81-79-77-75-73-71-69-67-65-63-61-59-57-55-53-51-49-47-45-43-41-39-37-35-33-31-29-27-25-23-21-19-17-15-13-11-9-7-2/h18,20,24,26,93,97H,6-17,19,21-23,25,27-92H2,1-5H3/b20-18-,26-24-. The van der Waals surface area contributed by atoms with Crippen molar-refractivity contribution in [3.05, 3.63) is 24.3 Å². The third-order valence-electron chi connectivity index (χ3n) is 22.5. The molecule has 2 atom stereocenters. The number of carboxylic acids is 1. The first kappa shape index (κ1) is 104. The monoisotopic (exact) mass is 1490 g/mol. The molecule has 0 N–H and O–H groups in total. The Bertz CT molecular complexity index is 1790. The van der Waals surface area contributed by atoms with Crippen molar-refractivity contribution in [3.8, 4) is 0 Å². The Morgan fingerprint density at radius 1 is 0.283 bits per heavy atom. The molecule has 0 spiro atoms. The second kappa shape index (κ2) is 88.3. The van der Waals surface area contributed by atoms with Gasteiger partial charge in [-0.05, 0) is 44.9 Å². The minimum atomic E-state index is -1.62. The molecule has 0 saturated heterocycles. The van der Waals surface area contributed by atoms with E-state index in [9.17, 15) is 19.5 Å². The van der Waals surface area contributed by atoms with Gasteiger partial charge >= 0.3 is 11.9 Å². The van der Waals surface area contributed by atoms with Crippen molar-refractivity contribution >= 4 is 17.9 Å². The Hall–Kier alpha value is -2.23. The van der Waals surface area contributed by atoms with E-state index in [0.717, 1.165) is 44.9 Å². The lowest BCUT2D eigenvalue weighted by molar-refractivity contribution is -0.870. The summed E-state index contributed by atoms with van der Waals surface area (Å²) in [5.41, 5.74) is 0. The zero-order valence-corrected chi connectivity index (χ0v) is 72.4. The van der Waals surface area contributed by atoms with Gasteiger partial charge in [0.25, 0.3) is 0 Å². The van der Waals surface area contributed by atoms with Gasteiger partial charge in [-0.3, -0.25) is 9.59 Å². The van der Waals surface area contributed by atoms with E-state index in [0.29, 0.717) is 17.4 Å². The molecular formula is C97H187NO8. The fourth-order valence-corrected chi connectivity index (χ4v) is 15.2. The van der Waals surface area contributed by atoms with Crippen LogP contribution in [0.4, 0.5) is 0 Å². The lowest BCUT2D eigenvalue weighted by Crippen LogP contribution is -2.44. The Balaban J connectivity index is 3.84. The summed E-state index contributed by atoms with van der Waals surface area (Å²) in [4.78, 5) is 37.7. The van der Waals surface area contributed by atoms with Crippen LogP contribution >= 0.6 is 0 Å². The highest BCUT2D eigenvalue weighted by molar-refractivity contribution is 5.70. The topological polar surface area (TPSA) is 111 Å². The van der Waals surface area contributed by atoms with Crippen molar-refractivity contribution in [3.63, 3.8) is 0 Å². The lowest BCUT2D eigenvalue weighted by Gasteiger charge is -2.26. The van der Waals surface area contributed by atoms with Gasteiger partial charge in [0.15, 0.2) is 12.4 Å². The third kappa shape index (κ3) is 89.0. The minimum Gasteiger partial charge on any atom is -0.545 e. The molecule has 0 aliphatic heterocycles. The number of esters is 2. The highest BCUT2D eigenvalue weighted by atomic mass is 16.7. The van der Waals surface area contributed by atoms with Gasteiger partial charge < -0.3 is 33.3 Å². The first-order valence-corrected chi connectivity index (χ1v) is 48.0. The summed E-state index contributed by atoms with van der Waals surface area (Å²) >= 11 is 0. The Morgan fingerprint density at radius 3 is 0.745 bits per heavy atom. The van der Waals surface area contributed by atoms with E-state index < -0.39 is 24.3 Å². The summed E-state index contributed by atoms with van der Waals surface area (Å²) < 4.78 is 23.0. The van der Waals surface area contributed by atoms with Crippen LogP contribution in [0.25, 0.3) is 0 Å². The second-order valence-electron chi connectivity index (χ2n) is 34.4. The molecule has 0 heterocycles. The average Bonchev–Trinajstić information content (AvgIpc) is 0.935. The molecule has 0 amide bonds. The maximum Gasteiger partial charge on any atom is 0.306 e. The van der Waals surface area contributed by atoms with Crippen molar-refractivity contribution in [2.45, 2.75) is 533 Å². The van der Waals surface area contributed by atoms with E-state index in [1.54, 1.807) is 0 Å². The predicted molar refractivity (Wildman–Crippen MR) is 459 cm³/mol. The average molecular weight is 1500 g/mol. The summed E-state index contributed by atoms with van der Waals surface area (Å²) in [6.45, 7) is 4.84. The molecule has 0 aromatic carbocycles. The van der Waals surface area contributed by atoms with Gasteiger partial charge in [0.05, 0.1) is 40.3 Å². The highest BCUT2D eigenvalue weighted by Crippen LogP contribution is 2.22. The van der Waals surface area contributed by atoms with Crippen LogP contribution in [-0.4, -0.2) is 82.3 Å². The van der Waals surface area contributed by atoms with Gasteiger partial charge in [0.2, 0.25) is 0 Å². The van der Waals surface area contributed by atoms with Crippen LogP contribution in [0, 0.1) is 0 Å². The molecule has 0 aromatic heterocycles. The lowest BCUT2D eigenvalue weighted by atomic mass is 10.0. The first-order valence-electron chi connectivity index (χ1n) is 48.0. The number of aliphatic carboxylic acids is 1. The molecule has 0 rings (SSSR count). The molecule has 0 aliphatic carbocycles. The van der Waals surface area contributed by atoms with Gasteiger partial charge in [-0.2, -0.15) is 0 Å². The fourth-order valence-electron chi connectivity index (χ4n) is 15.2. The van der Waals surface area contributed by atoms with Crippen LogP contribution < -0.4 is 5.11 Å². The molecule has 2 unspecified atom stereocenters. The van der Waals surface area contributed by atoms with Gasteiger partial charge in [0.1, 0.15) is 13.2 Å². The number of quaternary nitrogens is 1. The number of nitrogens with zero attached hydrogens (tertiary/aromatic N) is 1. The second-order valence-corrected chi connectivity index (χ2v) is 34.4. The summed E-state index contributed by atoms with van der Waals surface area (Å²) in [5.74, 6) is -2.24. The number of hydrogen-bond acceptors (Lipinski definition) is 8. The SMILES string of the molecule is CCCCCCC/C=C\C/C=C\CCCCCCCCCCCCCCCCCCCCCCCCCCCCCCCC(=O)OC(COC(=O)CCCCCCCCCCCCCCCCCCCCCCCCCCCCCCCCCCCCCCCCCC)COC(OCC[N+](C)(C)C)C(=O)[O-]. The maximum absolute atomic E-state index is 13.0. The number of carbonyl (C=O) groups is 3. The fraction of sp³-hybridized carbons (Fsp3) is 0.928. The van der Waals surface area contributed by atoms with Crippen LogP contribution in [0.3, 0.4) is 0 Å². The zero-order valence-electron chi connectivity index (χ0n) is 72.4. The Morgan fingerprint density at radius 2 is 0.509 bits per heavy atom. The van der Waals surface area contributed by atoms with Crippen LogP contribution in [0.15, 0.2) is 24.3 Å². The summed E-state index contributed by atoms with van der Waals surface area (Å²) in [6.07, 6.45) is 113. The summed E-state index contributed by atoms with van der Waals surface area (Å²) in [7, 11) is 5.97. The van der Waals surface area contributed by atoms with Crippen molar-refractivity contribution in [1.82, 2.24) is 0 Å². The van der Waals surface area contributed by atoms with Crippen molar-refractivity contribution in [2.24, 2.45) is 0 Å². The molecule has 106 heavy (non-hydrogen) atoms. The Labute approximate surface area is 662 Å². The summed E-state index contributed by atoms with van der Waals surface area (Å²) in [5, 5.41) is 11.9. The molecule has 0 radical (unpaired) electrons.